The van der Waals surface area contributed by atoms with Gasteiger partial charge in [-0.1, -0.05) is 218 Å². The van der Waals surface area contributed by atoms with Gasteiger partial charge in [-0.2, -0.15) is 0 Å². The Morgan fingerprint density at radius 2 is 0.821 bits per heavy atom. The monoisotopic (exact) mass is 761 g/mol. The summed E-state index contributed by atoms with van der Waals surface area (Å²) in [6.07, 6.45) is 41.7. The number of allylic oxidation sites excluding steroid dienone is 2. The van der Waals surface area contributed by atoms with E-state index in [9.17, 15) is 5.53 Å². The van der Waals surface area contributed by atoms with E-state index in [1.807, 2.05) is 0 Å². The lowest BCUT2D eigenvalue weighted by atomic mass is 9.94. The van der Waals surface area contributed by atoms with Gasteiger partial charge in [-0.05, 0) is 80.3 Å². The first-order valence-corrected chi connectivity index (χ1v) is 24.3. The van der Waals surface area contributed by atoms with Crippen LogP contribution in [0.1, 0.15) is 243 Å². The highest BCUT2D eigenvalue weighted by Crippen LogP contribution is 2.42. The van der Waals surface area contributed by atoms with E-state index in [1.165, 1.54) is 188 Å². The van der Waals surface area contributed by atoms with Crippen molar-refractivity contribution in [2.24, 2.45) is 0 Å². The zero-order chi connectivity index (χ0) is 39.9. The summed E-state index contributed by atoms with van der Waals surface area (Å²) in [6.45, 7) is 9.08. The molecule has 2 aromatic carbocycles. The van der Waals surface area contributed by atoms with Crippen LogP contribution in [-0.4, -0.2) is 4.70 Å². The molecular formula is C54H84N2. The Morgan fingerprint density at radius 3 is 1.27 bits per heavy atom. The topological polar surface area (TPSA) is 25.3 Å². The third-order valence-electron chi connectivity index (χ3n) is 11.9. The quantitative estimate of drug-likeness (QED) is 0.0393. The fraction of sp³-hybridized carbons (Fsp3) is 0.667. The molecule has 310 valence electrons. The molecule has 0 radical (unpaired) electrons. The third kappa shape index (κ3) is 18.6. The van der Waals surface area contributed by atoms with E-state index in [4.69, 9.17) is 0 Å². The maximum atomic E-state index is 12.1. The Kier molecular flexibility index (Phi) is 26.4. The van der Waals surface area contributed by atoms with Gasteiger partial charge in [0, 0.05) is 23.1 Å². The normalized spacial score (nSPS) is 12.9. The van der Waals surface area contributed by atoms with Crippen LogP contribution in [0.15, 0.2) is 59.7 Å². The molecule has 0 unspecified atom stereocenters. The minimum Gasteiger partial charge on any atom is -0.493 e. The molecule has 0 N–H and O–H groups in total. The molecule has 3 rings (SSSR count). The van der Waals surface area contributed by atoms with Gasteiger partial charge >= 0.3 is 0 Å². The molecule has 0 saturated heterocycles. The fourth-order valence-electron chi connectivity index (χ4n) is 8.41. The van der Waals surface area contributed by atoms with Crippen LogP contribution in [0.3, 0.4) is 0 Å². The average Bonchev–Trinajstić information content (AvgIpc) is 3.49. The number of benzene rings is 2. The van der Waals surface area contributed by atoms with Crippen LogP contribution in [-0.2, 0) is 12.8 Å². The van der Waals surface area contributed by atoms with Crippen LogP contribution in [0.2, 0.25) is 0 Å². The zero-order valence-corrected chi connectivity index (χ0v) is 37.1. The van der Waals surface area contributed by atoms with Crippen molar-refractivity contribution in [1.29, 1.82) is 0 Å². The highest BCUT2D eigenvalue weighted by Gasteiger charge is 2.35. The Labute approximate surface area is 347 Å². The summed E-state index contributed by atoms with van der Waals surface area (Å²) in [4.78, 5) is 0. The summed E-state index contributed by atoms with van der Waals surface area (Å²) in [5, 5.41) is 0. The third-order valence-corrected chi connectivity index (χ3v) is 11.9. The molecule has 0 fully saturated rings. The molecule has 0 aromatic heterocycles. The van der Waals surface area contributed by atoms with Crippen molar-refractivity contribution in [3.05, 3.63) is 87.5 Å². The second kappa shape index (κ2) is 31.1. The molecule has 1 aliphatic rings. The van der Waals surface area contributed by atoms with E-state index in [1.54, 1.807) is 0 Å². The standard InChI is InChI=1S/C54H84N2/c1-5-9-13-14-15-16-17-18-19-20-21-22-23-24-25-26-27-28-29-30-31-32-34-44-52-51(43-33-10-6-2)53(49-41-35-39-47(45-49)37-11-7-3)56(55)54(52)50-42-36-40-48(46-50)38-12-8-4/h35-36,39-42,45-46H,5-33,37-38,43H2,1-4H3. The fourth-order valence-corrected chi connectivity index (χ4v) is 8.41. The van der Waals surface area contributed by atoms with Gasteiger partial charge in [0.05, 0.1) is 0 Å². The summed E-state index contributed by atoms with van der Waals surface area (Å²) < 4.78 is 1.50. The highest BCUT2D eigenvalue weighted by molar-refractivity contribution is 5.85. The van der Waals surface area contributed by atoms with Crippen LogP contribution >= 0.6 is 0 Å². The lowest BCUT2D eigenvalue weighted by Crippen LogP contribution is -2.03. The SMILES string of the molecule is CCCCCCCCCCCCCCCCCCCCCCCC#CC1=C(c2cccc(CCCC)c2)[N+](=[N-])C(c2cccc(CCCC)c2)=C1CCCCC. The van der Waals surface area contributed by atoms with Crippen molar-refractivity contribution >= 4 is 11.4 Å². The van der Waals surface area contributed by atoms with Crippen molar-refractivity contribution in [3.8, 4) is 11.8 Å². The molecule has 0 aliphatic carbocycles. The minimum atomic E-state index is 0.870. The van der Waals surface area contributed by atoms with Gasteiger partial charge in [0.2, 0.25) is 11.4 Å². The molecule has 0 atom stereocenters. The van der Waals surface area contributed by atoms with Gasteiger partial charge in [0.25, 0.3) is 0 Å². The molecule has 2 aromatic rings. The van der Waals surface area contributed by atoms with Crippen molar-refractivity contribution in [2.75, 3.05) is 0 Å². The summed E-state index contributed by atoms with van der Waals surface area (Å²) in [7, 11) is 0. The van der Waals surface area contributed by atoms with Crippen molar-refractivity contribution < 1.29 is 4.70 Å². The summed E-state index contributed by atoms with van der Waals surface area (Å²) in [5.41, 5.74) is 21.0. The first-order chi connectivity index (χ1) is 27.6. The van der Waals surface area contributed by atoms with Gasteiger partial charge in [0.1, 0.15) is 5.57 Å². The van der Waals surface area contributed by atoms with Crippen LogP contribution < -0.4 is 0 Å². The largest absolute Gasteiger partial charge is 0.493 e. The van der Waals surface area contributed by atoms with Crippen LogP contribution in [0.5, 0.6) is 0 Å². The molecular weight excluding hydrogens is 677 g/mol. The van der Waals surface area contributed by atoms with Crippen LogP contribution in [0.4, 0.5) is 0 Å². The Balaban J connectivity index is 1.49. The van der Waals surface area contributed by atoms with E-state index in [2.05, 4.69) is 88.1 Å². The molecule has 0 spiro atoms. The van der Waals surface area contributed by atoms with Crippen molar-refractivity contribution in [3.63, 3.8) is 0 Å². The minimum absolute atomic E-state index is 0.870. The number of aryl methyl sites for hydroxylation is 2. The second-order valence-electron chi connectivity index (χ2n) is 17.1. The molecule has 0 saturated carbocycles. The highest BCUT2D eigenvalue weighted by atomic mass is 15.2. The van der Waals surface area contributed by atoms with E-state index < -0.39 is 0 Å². The van der Waals surface area contributed by atoms with Crippen LogP contribution in [0, 0.1) is 11.8 Å². The Bertz CT molecular complexity index is 1480. The molecule has 2 heteroatoms. The Morgan fingerprint density at radius 1 is 0.429 bits per heavy atom. The van der Waals surface area contributed by atoms with Gasteiger partial charge in [-0.15, -0.1) is 0 Å². The molecule has 2 nitrogen and oxygen atoms in total. The number of rotatable bonds is 33. The number of nitrogens with zero attached hydrogens (tertiary/aromatic N) is 2. The second-order valence-corrected chi connectivity index (χ2v) is 17.1. The van der Waals surface area contributed by atoms with Crippen LogP contribution in [0.25, 0.3) is 16.9 Å². The smallest absolute Gasteiger partial charge is 0.223 e. The van der Waals surface area contributed by atoms with E-state index in [0.717, 1.165) is 66.6 Å². The van der Waals surface area contributed by atoms with Gasteiger partial charge in [-0.3, -0.25) is 0 Å². The lowest BCUT2D eigenvalue weighted by molar-refractivity contribution is -0.345. The molecule has 1 aliphatic heterocycles. The van der Waals surface area contributed by atoms with E-state index in [0.29, 0.717) is 0 Å². The maximum absolute atomic E-state index is 12.1. The predicted octanol–water partition coefficient (Wildman–Crippen LogP) is 17.7. The Hall–Kier alpha value is -2.92. The average molecular weight is 761 g/mol. The number of hydrogen-bond acceptors (Lipinski definition) is 0. The maximum Gasteiger partial charge on any atom is 0.223 e. The lowest BCUT2D eigenvalue weighted by Gasteiger charge is -2.11. The zero-order valence-electron chi connectivity index (χ0n) is 37.1. The van der Waals surface area contributed by atoms with Crippen molar-refractivity contribution in [2.45, 2.75) is 233 Å². The van der Waals surface area contributed by atoms with Crippen molar-refractivity contribution in [1.82, 2.24) is 0 Å². The molecule has 0 amide bonds. The molecule has 56 heavy (non-hydrogen) atoms. The van der Waals surface area contributed by atoms with Gasteiger partial charge < -0.3 is 5.53 Å². The predicted molar refractivity (Wildman–Crippen MR) is 247 cm³/mol. The van der Waals surface area contributed by atoms with E-state index >= 15 is 0 Å². The summed E-state index contributed by atoms with van der Waals surface area (Å²) in [6, 6.07) is 17.7. The number of unbranched alkanes of at least 4 members (excludes halogenated alkanes) is 25. The van der Waals surface area contributed by atoms with Gasteiger partial charge in [-0.25, -0.2) is 4.70 Å². The van der Waals surface area contributed by atoms with Gasteiger partial charge in [0.15, 0.2) is 0 Å². The first-order valence-electron chi connectivity index (χ1n) is 24.3. The summed E-state index contributed by atoms with van der Waals surface area (Å²) in [5.74, 6) is 7.29. The molecule has 1 heterocycles. The molecule has 0 bridgehead atoms. The summed E-state index contributed by atoms with van der Waals surface area (Å²) >= 11 is 0. The first kappa shape index (κ1) is 47.5. The number of hydrogen-bond donors (Lipinski definition) is 0. The van der Waals surface area contributed by atoms with E-state index in [-0.39, 0.29) is 0 Å².